The van der Waals surface area contributed by atoms with E-state index in [1.54, 1.807) is 0 Å². The third-order valence-corrected chi connectivity index (χ3v) is 11.0. The molecule has 0 bridgehead atoms. The van der Waals surface area contributed by atoms with E-state index in [1.165, 1.54) is 0 Å². The van der Waals surface area contributed by atoms with E-state index in [1.807, 2.05) is 23.4 Å². The molecule has 0 aliphatic carbocycles. The Labute approximate surface area is 190 Å². The first kappa shape index (κ1) is 22.7. The van der Waals surface area contributed by atoms with Crippen molar-refractivity contribution in [1.29, 1.82) is 0 Å². The van der Waals surface area contributed by atoms with Crippen molar-refractivity contribution in [2.24, 2.45) is 0 Å². The Kier molecular flexibility index (Phi) is 7.16. The maximum Gasteiger partial charge on any atom is 0.191 e. The molecule has 0 amide bonds. The van der Waals surface area contributed by atoms with Crippen molar-refractivity contribution in [2.75, 3.05) is 6.61 Å². The summed E-state index contributed by atoms with van der Waals surface area (Å²) in [5.41, 5.74) is 5.47. The van der Waals surface area contributed by atoms with Crippen LogP contribution in [0.4, 0.5) is 0 Å². The van der Waals surface area contributed by atoms with Gasteiger partial charge in [-0.15, -0.1) is 0 Å². The van der Waals surface area contributed by atoms with Crippen LogP contribution in [0.3, 0.4) is 0 Å². The van der Waals surface area contributed by atoms with E-state index in [-0.39, 0.29) is 5.04 Å². The third-order valence-electron chi connectivity index (χ3n) is 5.92. The van der Waals surface area contributed by atoms with Crippen molar-refractivity contribution in [2.45, 2.75) is 45.3 Å². The smallest absolute Gasteiger partial charge is 0.191 e. The Hall–Kier alpha value is -1.95. The van der Waals surface area contributed by atoms with Gasteiger partial charge in [-0.05, 0) is 18.1 Å². The van der Waals surface area contributed by atoms with Crippen LogP contribution in [0.1, 0.15) is 27.2 Å². The summed E-state index contributed by atoms with van der Waals surface area (Å²) in [6.45, 7) is 12.1. The molecule has 0 saturated carbocycles. The standard InChI is InChI=1S/C25H31BrN2OSi/c1-25(2,3)30(4,5)29-17-16-22(18-26)28-19-27-23(20-12-8-6-9-13-20)24(28)21-14-10-7-11-15-21/h6-15,18-19H,16-17H2,1-5H3/b22-18-. The highest BCUT2D eigenvalue weighted by molar-refractivity contribution is 9.11. The molecule has 158 valence electrons. The van der Waals surface area contributed by atoms with Crippen molar-refractivity contribution >= 4 is 29.9 Å². The van der Waals surface area contributed by atoms with Gasteiger partial charge in [0.25, 0.3) is 0 Å². The van der Waals surface area contributed by atoms with Crippen molar-refractivity contribution in [1.82, 2.24) is 9.55 Å². The van der Waals surface area contributed by atoms with Crippen LogP contribution in [0.25, 0.3) is 28.2 Å². The second-order valence-corrected chi connectivity index (χ2v) is 14.3. The molecular formula is C25H31BrN2OSi. The zero-order valence-corrected chi connectivity index (χ0v) is 21.1. The molecule has 3 rings (SSSR count). The van der Waals surface area contributed by atoms with Crippen molar-refractivity contribution in [3.8, 4) is 22.5 Å². The summed E-state index contributed by atoms with van der Waals surface area (Å²) in [6, 6.07) is 20.8. The zero-order valence-electron chi connectivity index (χ0n) is 18.5. The number of hydrogen-bond donors (Lipinski definition) is 0. The number of halogens is 1. The monoisotopic (exact) mass is 482 g/mol. The maximum absolute atomic E-state index is 6.43. The average Bonchev–Trinajstić information content (AvgIpc) is 3.16. The van der Waals surface area contributed by atoms with Crippen LogP contribution in [0, 0.1) is 0 Å². The second kappa shape index (κ2) is 9.46. The number of imidazole rings is 1. The minimum atomic E-state index is -1.78. The molecule has 0 radical (unpaired) electrons. The van der Waals surface area contributed by atoms with Gasteiger partial charge in [0.2, 0.25) is 0 Å². The summed E-state index contributed by atoms with van der Waals surface area (Å²) in [4.78, 5) is 6.79. The van der Waals surface area contributed by atoms with Crippen LogP contribution < -0.4 is 0 Å². The number of nitrogens with zero attached hydrogens (tertiary/aromatic N) is 2. The lowest BCUT2D eigenvalue weighted by Crippen LogP contribution is -2.41. The summed E-state index contributed by atoms with van der Waals surface area (Å²) in [7, 11) is -1.78. The normalized spacial score (nSPS) is 12.9. The van der Waals surface area contributed by atoms with Gasteiger partial charge in [0.15, 0.2) is 8.32 Å². The van der Waals surface area contributed by atoms with Gasteiger partial charge in [0, 0.05) is 34.8 Å². The highest BCUT2D eigenvalue weighted by Crippen LogP contribution is 2.37. The number of rotatable bonds is 7. The molecule has 5 heteroatoms. The van der Waals surface area contributed by atoms with E-state index >= 15 is 0 Å². The fourth-order valence-corrected chi connectivity index (χ4v) is 4.60. The fraction of sp³-hybridized carbons (Fsp3) is 0.320. The molecule has 0 saturated heterocycles. The molecule has 0 N–H and O–H groups in total. The van der Waals surface area contributed by atoms with Crippen molar-refractivity contribution in [3.63, 3.8) is 0 Å². The number of aromatic nitrogens is 2. The molecule has 2 aromatic carbocycles. The van der Waals surface area contributed by atoms with Gasteiger partial charge in [0.1, 0.15) is 6.33 Å². The summed E-state index contributed by atoms with van der Waals surface area (Å²) in [5.74, 6) is 0. The summed E-state index contributed by atoms with van der Waals surface area (Å²) < 4.78 is 8.61. The molecule has 0 aliphatic rings. The molecule has 0 atom stereocenters. The Bertz CT molecular complexity index is 989. The average molecular weight is 484 g/mol. The van der Waals surface area contributed by atoms with E-state index in [9.17, 15) is 0 Å². The molecule has 0 spiro atoms. The van der Waals surface area contributed by atoms with Gasteiger partial charge in [-0.25, -0.2) is 4.98 Å². The quantitative estimate of drug-likeness (QED) is 0.320. The Balaban J connectivity index is 1.94. The van der Waals surface area contributed by atoms with Gasteiger partial charge in [0.05, 0.1) is 11.4 Å². The Morgan fingerprint density at radius 3 is 2.10 bits per heavy atom. The first-order valence-corrected chi connectivity index (χ1v) is 14.2. The Morgan fingerprint density at radius 2 is 1.57 bits per heavy atom. The lowest BCUT2D eigenvalue weighted by atomic mass is 10.0. The summed E-state index contributed by atoms with van der Waals surface area (Å²) >= 11 is 3.59. The molecule has 0 fully saturated rings. The van der Waals surface area contributed by atoms with E-state index in [0.717, 1.165) is 34.6 Å². The number of hydrogen-bond acceptors (Lipinski definition) is 2. The molecule has 0 unspecified atom stereocenters. The van der Waals surface area contributed by atoms with Crippen LogP contribution in [-0.2, 0) is 4.43 Å². The van der Waals surface area contributed by atoms with Crippen molar-refractivity contribution in [3.05, 3.63) is 72.0 Å². The largest absolute Gasteiger partial charge is 0.416 e. The topological polar surface area (TPSA) is 27.1 Å². The van der Waals surface area contributed by atoms with Gasteiger partial charge < -0.3 is 8.99 Å². The lowest BCUT2D eigenvalue weighted by molar-refractivity contribution is 0.295. The minimum absolute atomic E-state index is 0.204. The lowest BCUT2D eigenvalue weighted by Gasteiger charge is -2.36. The Morgan fingerprint density at radius 1 is 1.00 bits per heavy atom. The maximum atomic E-state index is 6.43. The van der Waals surface area contributed by atoms with Crippen LogP contribution >= 0.6 is 15.9 Å². The molecule has 3 nitrogen and oxygen atoms in total. The summed E-state index contributed by atoms with van der Waals surface area (Å²) in [5, 5.41) is 0.204. The first-order valence-electron chi connectivity index (χ1n) is 10.4. The van der Waals surface area contributed by atoms with E-state index < -0.39 is 8.32 Å². The molecule has 1 heterocycles. The molecule has 3 aromatic rings. The van der Waals surface area contributed by atoms with Crippen LogP contribution in [-0.4, -0.2) is 24.5 Å². The van der Waals surface area contributed by atoms with Gasteiger partial charge in [-0.1, -0.05) is 97.4 Å². The highest BCUT2D eigenvalue weighted by atomic mass is 79.9. The SMILES string of the molecule is CC(C)(C)[Si](C)(C)OCC/C(=C/Br)n1cnc(-c2ccccc2)c1-c1ccccc1. The fourth-order valence-electron chi connectivity index (χ4n) is 3.10. The predicted octanol–water partition coefficient (Wildman–Crippen LogP) is 7.82. The van der Waals surface area contributed by atoms with Crippen molar-refractivity contribution < 1.29 is 4.43 Å². The van der Waals surface area contributed by atoms with Gasteiger partial charge >= 0.3 is 0 Å². The molecular weight excluding hydrogens is 452 g/mol. The zero-order chi connectivity index (χ0) is 21.8. The molecule has 0 aliphatic heterocycles. The minimum Gasteiger partial charge on any atom is -0.416 e. The van der Waals surface area contributed by atoms with Gasteiger partial charge in [-0.3, -0.25) is 0 Å². The van der Waals surface area contributed by atoms with E-state index in [0.29, 0.717) is 6.61 Å². The second-order valence-electron chi connectivity index (χ2n) is 9.00. The predicted molar refractivity (Wildman–Crippen MR) is 134 cm³/mol. The van der Waals surface area contributed by atoms with E-state index in [2.05, 4.69) is 103 Å². The van der Waals surface area contributed by atoms with Crippen LogP contribution in [0.5, 0.6) is 0 Å². The van der Waals surface area contributed by atoms with Crippen LogP contribution in [0.15, 0.2) is 72.0 Å². The number of benzene rings is 2. The highest BCUT2D eigenvalue weighted by Gasteiger charge is 2.37. The first-order chi connectivity index (χ1) is 14.2. The van der Waals surface area contributed by atoms with Gasteiger partial charge in [-0.2, -0.15) is 0 Å². The summed E-state index contributed by atoms with van der Waals surface area (Å²) in [6.07, 6.45) is 2.73. The van der Waals surface area contributed by atoms with Crippen LogP contribution in [0.2, 0.25) is 18.1 Å². The molecule has 1 aromatic heterocycles. The molecule has 30 heavy (non-hydrogen) atoms. The van der Waals surface area contributed by atoms with E-state index in [4.69, 9.17) is 9.41 Å². The third kappa shape index (κ3) is 5.02.